The second kappa shape index (κ2) is 5.07. The van der Waals surface area contributed by atoms with Crippen molar-refractivity contribution in [2.24, 2.45) is 0 Å². The van der Waals surface area contributed by atoms with E-state index >= 15 is 0 Å². The molecule has 0 spiro atoms. The number of amides is 1. The minimum Gasteiger partial charge on any atom is -0.352 e. The van der Waals surface area contributed by atoms with Crippen molar-refractivity contribution in [3.63, 3.8) is 0 Å². The van der Waals surface area contributed by atoms with E-state index in [9.17, 15) is 4.79 Å². The van der Waals surface area contributed by atoms with Gasteiger partial charge in [0.1, 0.15) is 0 Å². The highest BCUT2D eigenvalue weighted by atomic mass is 35.5. The average molecular weight is 228 g/mol. The minimum atomic E-state index is -0.101. The maximum atomic E-state index is 11.4. The van der Waals surface area contributed by atoms with Crippen LogP contribution in [0, 0.1) is 6.92 Å². The van der Waals surface area contributed by atoms with E-state index in [0.29, 0.717) is 17.8 Å². The van der Waals surface area contributed by atoms with Crippen molar-refractivity contribution in [2.45, 2.75) is 27.2 Å². The number of rotatable bonds is 0. The van der Waals surface area contributed by atoms with Crippen LogP contribution in [0.4, 0.5) is 0 Å². The molecule has 4 nitrogen and oxygen atoms in total. The van der Waals surface area contributed by atoms with Crippen LogP contribution in [0.1, 0.15) is 35.6 Å². The average Bonchev–Trinajstić information content (AvgIpc) is 2.19. The van der Waals surface area contributed by atoms with Gasteiger partial charge in [-0.3, -0.25) is 4.79 Å². The van der Waals surface area contributed by atoms with Crippen molar-refractivity contribution >= 4 is 17.5 Å². The Morgan fingerprint density at radius 1 is 1.33 bits per heavy atom. The van der Waals surface area contributed by atoms with Crippen LogP contribution < -0.4 is 5.32 Å². The Hall–Kier alpha value is -1.16. The summed E-state index contributed by atoms with van der Waals surface area (Å²) < 4.78 is 0. The lowest BCUT2D eigenvalue weighted by Gasteiger charge is -2.16. The minimum absolute atomic E-state index is 0.101. The van der Waals surface area contributed by atoms with Gasteiger partial charge in [0.15, 0.2) is 0 Å². The third-order valence-electron chi connectivity index (χ3n) is 2.01. The number of hydrogen-bond acceptors (Lipinski definition) is 3. The van der Waals surface area contributed by atoms with Crippen molar-refractivity contribution in [1.29, 1.82) is 0 Å². The third kappa shape index (κ3) is 2.45. The summed E-state index contributed by atoms with van der Waals surface area (Å²) in [7, 11) is 0. The summed E-state index contributed by atoms with van der Waals surface area (Å²) in [6.45, 7) is 6.38. The van der Waals surface area contributed by atoms with E-state index in [-0.39, 0.29) is 11.2 Å². The predicted octanol–water partition coefficient (Wildman–Crippen LogP) is 1.75. The largest absolute Gasteiger partial charge is 0.352 e. The molecular weight excluding hydrogens is 214 g/mol. The van der Waals surface area contributed by atoms with Crippen LogP contribution in [-0.4, -0.2) is 22.4 Å². The fourth-order valence-electron chi connectivity index (χ4n) is 1.45. The second-order valence-electron chi connectivity index (χ2n) is 2.91. The molecule has 0 atom stereocenters. The van der Waals surface area contributed by atoms with Gasteiger partial charge in [-0.15, -0.1) is 0 Å². The molecule has 0 unspecified atom stereocenters. The Kier molecular flexibility index (Phi) is 4.03. The molecule has 2 heterocycles. The number of halogens is 1. The Labute approximate surface area is 94.1 Å². The van der Waals surface area contributed by atoms with Gasteiger partial charge < -0.3 is 5.32 Å². The van der Waals surface area contributed by atoms with Crippen LogP contribution in [0.15, 0.2) is 0 Å². The summed E-state index contributed by atoms with van der Waals surface area (Å²) >= 11 is 5.68. The molecule has 2 rings (SSSR count). The van der Waals surface area contributed by atoms with Gasteiger partial charge in [0.05, 0.1) is 17.0 Å². The van der Waals surface area contributed by atoms with E-state index < -0.39 is 0 Å². The highest BCUT2D eigenvalue weighted by Crippen LogP contribution is 2.16. The fraction of sp³-hybridized carbons (Fsp3) is 0.500. The molecule has 82 valence electrons. The van der Waals surface area contributed by atoms with E-state index in [1.165, 1.54) is 0 Å². The van der Waals surface area contributed by atoms with Crippen molar-refractivity contribution in [3.05, 3.63) is 22.2 Å². The maximum absolute atomic E-state index is 11.4. The lowest BCUT2D eigenvalue weighted by molar-refractivity contribution is 0.0944. The number of aryl methyl sites for hydroxylation is 1. The topological polar surface area (TPSA) is 54.9 Å². The van der Waals surface area contributed by atoms with Gasteiger partial charge in [0.2, 0.25) is 5.28 Å². The van der Waals surface area contributed by atoms with Crippen LogP contribution in [0.5, 0.6) is 0 Å². The third-order valence-corrected chi connectivity index (χ3v) is 2.18. The fourth-order valence-corrected chi connectivity index (χ4v) is 1.68. The van der Waals surface area contributed by atoms with E-state index in [0.717, 1.165) is 12.1 Å². The Morgan fingerprint density at radius 2 is 2.00 bits per heavy atom. The molecule has 0 fully saturated rings. The quantitative estimate of drug-likeness (QED) is 0.687. The van der Waals surface area contributed by atoms with Crippen LogP contribution in [0.3, 0.4) is 0 Å². The first-order valence-corrected chi connectivity index (χ1v) is 5.37. The number of carbonyl (C=O) groups excluding carboxylic acids is 1. The standard InChI is InChI=1S/C8H8ClN3O.C2H6/c1-4-6-5(12-8(9)11-4)2-3-10-7(6)13;1-2/h2-3H2,1H3,(H,10,13);1-2H3. The lowest BCUT2D eigenvalue weighted by atomic mass is 10.1. The summed E-state index contributed by atoms with van der Waals surface area (Å²) in [5.74, 6) is -0.101. The Bertz CT molecular complexity index is 379. The van der Waals surface area contributed by atoms with Crippen molar-refractivity contribution < 1.29 is 4.79 Å². The monoisotopic (exact) mass is 227 g/mol. The molecular formula is C10H14ClN3O. The first-order valence-electron chi connectivity index (χ1n) is 4.99. The molecule has 5 heteroatoms. The van der Waals surface area contributed by atoms with Crippen LogP contribution in [0.25, 0.3) is 0 Å². The molecule has 15 heavy (non-hydrogen) atoms. The molecule has 1 aromatic rings. The highest BCUT2D eigenvalue weighted by molar-refractivity contribution is 6.28. The molecule has 1 aliphatic heterocycles. The normalized spacial score (nSPS) is 13.5. The lowest BCUT2D eigenvalue weighted by Crippen LogP contribution is -2.33. The summed E-state index contributed by atoms with van der Waals surface area (Å²) in [6.07, 6.45) is 0.726. The van der Waals surface area contributed by atoms with Crippen LogP contribution in [0.2, 0.25) is 5.28 Å². The van der Waals surface area contributed by atoms with Gasteiger partial charge in [-0.1, -0.05) is 13.8 Å². The van der Waals surface area contributed by atoms with E-state index in [2.05, 4.69) is 15.3 Å². The summed E-state index contributed by atoms with van der Waals surface area (Å²) in [5.41, 5.74) is 1.98. The molecule has 0 aromatic carbocycles. The number of nitrogens with one attached hydrogen (secondary N) is 1. The predicted molar refractivity (Wildman–Crippen MR) is 59.2 cm³/mol. The van der Waals surface area contributed by atoms with Gasteiger partial charge in [0.25, 0.3) is 5.91 Å². The first kappa shape index (κ1) is 11.9. The maximum Gasteiger partial charge on any atom is 0.255 e. The zero-order valence-corrected chi connectivity index (χ0v) is 9.85. The summed E-state index contributed by atoms with van der Waals surface area (Å²) in [6, 6.07) is 0. The zero-order valence-electron chi connectivity index (χ0n) is 9.09. The molecule has 0 bridgehead atoms. The van der Waals surface area contributed by atoms with Crippen molar-refractivity contribution in [2.75, 3.05) is 6.54 Å². The summed E-state index contributed by atoms with van der Waals surface area (Å²) in [4.78, 5) is 19.3. The molecule has 1 amide bonds. The van der Waals surface area contributed by atoms with Gasteiger partial charge >= 0.3 is 0 Å². The first-order chi connectivity index (χ1) is 7.18. The number of hydrogen-bond donors (Lipinski definition) is 1. The van der Waals surface area contributed by atoms with Crippen LogP contribution >= 0.6 is 11.6 Å². The molecule has 1 aliphatic rings. The number of fused-ring (bicyclic) bond motifs is 1. The smallest absolute Gasteiger partial charge is 0.255 e. The number of aromatic nitrogens is 2. The van der Waals surface area contributed by atoms with Gasteiger partial charge in [0, 0.05) is 13.0 Å². The van der Waals surface area contributed by atoms with E-state index in [4.69, 9.17) is 11.6 Å². The molecule has 0 radical (unpaired) electrons. The van der Waals surface area contributed by atoms with E-state index in [1.54, 1.807) is 6.92 Å². The van der Waals surface area contributed by atoms with Gasteiger partial charge in [-0.25, -0.2) is 9.97 Å². The zero-order chi connectivity index (χ0) is 11.4. The molecule has 0 saturated heterocycles. The highest BCUT2D eigenvalue weighted by Gasteiger charge is 2.21. The van der Waals surface area contributed by atoms with Crippen LogP contribution in [-0.2, 0) is 6.42 Å². The number of carbonyl (C=O) groups is 1. The Balaban J connectivity index is 0.000000531. The van der Waals surface area contributed by atoms with Gasteiger partial charge in [-0.2, -0.15) is 0 Å². The summed E-state index contributed by atoms with van der Waals surface area (Å²) in [5, 5.41) is 2.95. The number of nitrogens with zero attached hydrogens (tertiary/aromatic N) is 2. The van der Waals surface area contributed by atoms with Gasteiger partial charge in [-0.05, 0) is 18.5 Å². The second-order valence-corrected chi connectivity index (χ2v) is 3.24. The van der Waals surface area contributed by atoms with Crippen molar-refractivity contribution in [3.8, 4) is 0 Å². The Morgan fingerprint density at radius 3 is 2.67 bits per heavy atom. The van der Waals surface area contributed by atoms with E-state index in [1.807, 2.05) is 13.8 Å². The molecule has 1 aromatic heterocycles. The molecule has 1 N–H and O–H groups in total. The molecule has 0 saturated carbocycles. The SMILES string of the molecule is CC.Cc1nc(Cl)nc2c1C(=O)NCC2. The van der Waals surface area contributed by atoms with Crippen molar-refractivity contribution in [1.82, 2.24) is 15.3 Å². The molecule has 0 aliphatic carbocycles.